The average Bonchev–Trinajstić information content (AvgIpc) is 2.01. The second-order valence-electron chi connectivity index (χ2n) is 2.54. The monoisotopic (exact) mass is 150 g/mol. The first-order chi connectivity index (χ1) is 5.35. The molecule has 0 radical (unpaired) electrons. The second kappa shape index (κ2) is 7.33. The summed E-state index contributed by atoms with van der Waals surface area (Å²) in [5.74, 6) is 0. The minimum atomic E-state index is 1.11. The maximum absolute atomic E-state index is 3.68. The Hall–Kier alpha value is -0.780. The van der Waals surface area contributed by atoms with Gasteiger partial charge in [-0.2, -0.15) is 0 Å². The highest BCUT2D eigenvalue weighted by atomic mass is 13.9. The van der Waals surface area contributed by atoms with Gasteiger partial charge in [0, 0.05) is 0 Å². The van der Waals surface area contributed by atoms with Crippen molar-refractivity contribution in [3.63, 3.8) is 0 Å². The highest BCUT2D eigenvalue weighted by Crippen LogP contribution is 2.06. The summed E-state index contributed by atoms with van der Waals surface area (Å²) < 4.78 is 0. The Morgan fingerprint density at radius 1 is 1.36 bits per heavy atom. The van der Waals surface area contributed by atoms with Gasteiger partial charge in [-0.3, -0.25) is 0 Å². The molecule has 0 heteroatoms. The van der Waals surface area contributed by atoms with Gasteiger partial charge in [0.1, 0.15) is 0 Å². The number of hydrogen-bond donors (Lipinski definition) is 0. The van der Waals surface area contributed by atoms with E-state index < -0.39 is 0 Å². The molecule has 0 aliphatic carbocycles. The Kier molecular flexibility index (Phi) is 6.81. The van der Waals surface area contributed by atoms with Crippen molar-refractivity contribution in [1.29, 1.82) is 0 Å². The molecular weight excluding hydrogens is 132 g/mol. The molecular formula is C11H18. The topological polar surface area (TPSA) is 0 Å². The van der Waals surface area contributed by atoms with Crippen molar-refractivity contribution in [2.45, 2.75) is 33.1 Å². The molecule has 0 bridgehead atoms. The van der Waals surface area contributed by atoms with Gasteiger partial charge in [-0.15, -0.1) is 0 Å². The first-order valence-electron chi connectivity index (χ1n) is 4.33. The first-order valence-corrected chi connectivity index (χ1v) is 4.33. The second-order valence-corrected chi connectivity index (χ2v) is 2.54. The van der Waals surface area contributed by atoms with Crippen LogP contribution >= 0.6 is 0 Å². The molecule has 62 valence electrons. The highest BCUT2D eigenvalue weighted by Gasteiger charge is 1.86. The fourth-order valence-electron chi connectivity index (χ4n) is 0.931. The number of hydrogen-bond acceptors (Lipinski definition) is 0. The quantitative estimate of drug-likeness (QED) is 0.522. The van der Waals surface area contributed by atoms with E-state index >= 15 is 0 Å². The van der Waals surface area contributed by atoms with Crippen LogP contribution in [0.4, 0.5) is 0 Å². The van der Waals surface area contributed by atoms with Crippen molar-refractivity contribution in [2.75, 3.05) is 0 Å². The number of allylic oxidation sites excluding steroid dienone is 5. The van der Waals surface area contributed by atoms with E-state index in [4.69, 9.17) is 0 Å². The molecule has 0 aromatic rings. The molecule has 0 aromatic heterocycles. The van der Waals surface area contributed by atoms with Crippen molar-refractivity contribution in [1.82, 2.24) is 0 Å². The zero-order chi connectivity index (χ0) is 8.53. The van der Waals surface area contributed by atoms with Gasteiger partial charge in [-0.1, -0.05) is 51.2 Å². The van der Waals surface area contributed by atoms with Gasteiger partial charge < -0.3 is 0 Å². The summed E-state index contributed by atoms with van der Waals surface area (Å²) in [7, 11) is 0. The van der Waals surface area contributed by atoms with Gasteiger partial charge in [0.2, 0.25) is 0 Å². The van der Waals surface area contributed by atoms with Crippen molar-refractivity contribution in [3.8, 4) is 0 Å². The Morgan fingerprint density at radius 2 is 2.09 bits per heavy atom. The van der Waals surface area contributed by atoms with Gasteiger partial charge in [-0.05, 0) is 18.4 Å². The first kappa shape index (κ1) is 10.2. The van der Waals surface area contributed by atoms with Gasteiger partial charge in [0.15, 0.2) is 0 Å². The van der Waals surface area contributed by atoms with Crippen LogP contribution in [0, 0.1) is 0 Å². The van der Waals surface area contributed by atoms with E-state index in [0.717, 1.165) is 12.8 Å². The maximum Gasteiger partial charge on any atom is -0.0282 e. The van der Waals surface area contributed by atoms with Gasteiger partial charge >= 0.3 is 0 Å². The molecule has 0 saturated heterocycles. The highest BCUT2D eigenvalue weighted by molar-refractivity contribution is 5.22. The van der Waals surface area contributed by atoms with Crippen LogP contribution < -0.4 is 0 Å². The third-order valence-electron chi connectivity index (χ3n) is 1.44. The van der Waals surface area contributed by atoms with Crippen molar-refractivity contribution >= 4 is 0 Å². The van der Waals surface area contributed by atoms with Gasteiger partial charge in [-0.25, -0.2) is 0 Å². The minimum Gasteiger partial charge on any atom is -0.0991 e. The van der Waals surface area contributed by atoms with Crippen LogP contribution in [-0.2, 0) is 0 Å². The van der Waals surface area contributed by atoms with E-state index in [1.807, 2.05) is 6.08 Å². The molecule has 0 spiro atoms. The largest absolute Gasteiger partial charge is 0.0991 e. The lowest BCUT2D eigenvalue weighted by atomic mass is 10.1. The molecule has 0 aromatic carbocycles. The molecule has 0 N–H and O–H groups in total. The SMILES string of the molecule is C=C/C=C(\C=C/CC)CCC. The van der Waals surface area contributed by atoms with Crippen LogP contribution in [0.15, 0.2) is 36.5 Å². The minimum absolute atomic E-state index is 1.11. The Bertz CT molecular complexity index is 149. The molecule has 11 heavy (non-hydrogen) atoms. The summed E-state index contributed by atoms with van der Waals surface area (Å²) in [4.78, 5) is 0. The molecule has 0 rings (SSSR count). The summed E-state index contributed by atoms with van der Waals surface area (Å²) in [6.45, 7) is 8.02. The van der Waals surface area contributed by atoms with E-state index in [1.165, 1.54) is 12.0 Å². The van der Waals surface area contributed by atoms with Crippen molar-refractivity contribution in [2.24, 2.45) is 0 Å². The summed E-state index contributed by atoms with van der Waals surface area (Å²) >= 11 is 0. The molecule has 0 amide bonds. The standard InChI is InChI=1S/C11H18/c1-4-7-10-11(8-5-2)9-6-3/h5,7-8,10H,2,4,6,9H2,1,3H3/b10-7-,11-8-. The van der Waals surface area contributed by atoms with E-state index in [-0.39, 0.29) is 0 Å². The molecule has 0 aliphatic heterocycles. The fraction of sp³-hybridized carbons (Fsp3) is 0.455. The Labute approximate surface area is 70.3 Å². The lowest BCUT2D eigenvalue weighted by Crippen LogP contribution is -1.75. The van der Waals surface area contributed by atoms with Crippen LogP contribution in [0.25, 0.3) is 0 Å². The third-order valence-corrected chi connectivity index (χ3v) is 1.44. The molecule has 0 saturated carbocycles. The zero-order valence-corrected chi connectivity index (χ0v) is 7.64. The van der Waals surface area contributed by atoms with Crippen molar-refractivity contribution in [3.05, 3.63) is 36.5 Å². The predicted molar refractivity (Wildman–Crippen MR) is 52.6 cm³/mol. The van der Waals surface area contributed by atoms with Crippen LogP contribution in [0.2, 0.25) is 0 Å². The smallest absolute Gasteiger partial charge is 0.0282 e. The average molecular weight is 150 g/mol. The van der Waals surface area contributed by atoms with E-state index in [9.17, 15) is 0 Å². The normalized spacial score (nSPS) is 12.4. The number of rotatable bonds is 5. The molecule has 0 nitrogen and oxygen atoms in total. The molecule has 0 fully saturated rings. The van der Waals surface area contributed by atoms with Crippen LogP contribution in [0.1, 0.15) is 33.1 Å². The lowest BCUT2D eigenvalue weighted by molar-refractivity contribution is 0.925. The Morgan fingerprint density at radius 3 is 2.55 bits per heavy atom. The zero-order valence-electron chi connectivity index (χ0n) is 7.64. The molecule has 0 unspecified atom stereocenters. The summed E-state index contributed by atoms with van der Waals surface area (Å²) in [6.07, 6.45) is 11.8. The lowest BCUT2D eigenvalue weighted by Gasteiger charge is -1.96. The summed E-state index contributed by atoms with van der Waals surface area (Å²) in [5.41, 5.74) is 1.38. The summed E-state index contributed by atoms with van der Waals surface area (Å²) in [5, 5.41) is 0. The van der Waals surface area contributed by atoms with Gasteiger partial charge in [0.05, 0.1) is 0 Å². The predicted octanol–water partition coefficient (Wildman–Crippen LogP) is 3.87. The molecule has 0 atom stereocenters. The fourth-order valence-corrected chi connectivity index (χ4v) is 0.931. The van der Waals surface area contributed by atoms with Crippen molar-refractivity contribution < 1.29 is 0 Å². The molecule has 0 aliphatic rings. The van der Waals surface area contributed by atoms with E-state index in [2.05, 4.69) is 38.7 Å². The molecule has 0 heterocycles. The third kappa shape index (κ3) is 5.65. The van der Waals surface area contributed by atoms with Crippen LogP contribution in [0.5, 0.6) is 0 Å². The van der Waals surface area contributed by atoms with E-state index in [0.29, 0.717) is 0 Å². The maximum atomic E-state index is 3.68. The van der Waals surface area contributed by atoms with Crippen LogP contribution in [0.3, 0.4) is 0 Å². The Balaban J connectivity index is 3.98. The van der Waals surface area contributed by atoms with Gasteiger partial charge in [0.25, 0.3) is 0 Å². The van der Waals surface area contributed by atoms with Crippen LogP contribution in [-0.4, -0.2) is 0 Å². The van der Waals surface area contributed by atoms with E-state index in [1.54, 1.807) is 0 Å². The summed E-state index contributed by atoms with van der Waals surface area (Å²) in [6, 6.07) is 0.